The number of furan rings is 3. The summed E-state index contributed by atoms with van der Waals surface area (Å²) >= 11 is 0. The number of anilines is 6. The van der Waals surface area contributed by atoms with Crippen molar-refractivity contribution in [1.29, 1.82) is 0 Å². The minimum atomic E-state index is -0.140. The Morgan fingerprint density at radius 1 is 0.259 bits per heavy atom. The van der Waals surface area contributed by atoms with Crippen LogP contribution in [-0.4, -0.2) is 0 Å². The molecule has 0 N–H and O–H groups in total. The van der Waals surface area contributed by atoms with E-state index in [0.717, 1.165) is 144 Å². The first-order valence-electron chi connectivity index (χ1n) is 28.1. The van der Waals surface area contributed by atoms with Gasteiger partial charge in [0.25, 0.3) is 0 Å². The normalized spacial score (nSPS) is 12.3. The van der Waals surface area contributed by atoms with Crippen molar-refractivity contribution in [3.8, 4) is 22.3 Å². The Hall–Kier alpha value is -9.84. The van der Waals surface area contributed by atoms with Gasteiger partial charge in [0.2, 0.25) is 0 Å². The van der Waals surface area contributed by atoms with Crippen LogP contribution in [0.5, 0.6) is 0 Å². The van der Waals surface area contributed by atoms with Crippen LogP contribution >= 0.6 is 0 Å². The molecule has 0 aliphatic rings. The fourth-order valence-electron chi connectivity index (χ4n) is 12.8. The molecule has 0 amide bonds. The number of hydrogen-bond donors (Lipinski definition) is 0. The van der Waals surface area contributed by atoms with E-state index < -0.39 is 0 Å². The highest BCUT2D eigenvalue weighted by molar-refractivity contribution is 6.31. The molecule has 0 spiro atoms. The van der Waals surface area contributed by atoms with Crippen molar-refractivity contribution in [1.82, 2.24) is 0 Å². The Labute approximate surface area is 470 Å². The maximum Gasteiger partial charge on any atom is 0.159 e. The highest BCUT2D eigenvalue weighted by atomic mass is 16.3. The fourth-order valence-corrected chi connectivity index (χ4v) is 12.8. The van der Waals surface area contributed by atoms with E-state index in [9.17, 15) is 0 Å². The molecule has 12 aromatic carbocycles. The largest absolute Gasteiger partial charge is 0.456 e. The molecule has 0 bridgehead atoms. The summed E-state index contributed by atoms with van der Waals surface area (Å²) in [7, 11) is 0. The van der Waals surface area contributed by atoms with Crippen LogP contribution in [0.15, 0.2) is 256 Å². The quantitative estimate of drug-likeness (QED) is 0.152. The molecule has 0 aliphatic heterocycles. The van der Waals surface area contributed by atoms with Crippen molar-refractivity contribution in [2.75, 3.05) is 9.80 Å². The summed E-state index contributed by atoms with van der Waals surface area (Å²) < 4.78 is 22.0. The van der Waals surface area contributed by atoms with Crippen LogP contribution in [0.2, 0.25) is 0 Å². The molecule has 0 aliphatic carbocycles. The Bertz CT molecular complexity index is 4660. The van der Waals surface area contributed by atoms with E-state index in [2.05, 4.69) is 294 Å². The molecule has 3 heterocycles. The van der Waals surface area contributed by atoms with Gasteiger partial charge in [0.05, 0.1) is 34.1 Å². The molecule has 0 atom stereocenters. The highest BCUT2D eigenvalue weighted by Gasteiger charge is 2.31. The molecule has 5 heteroatoms. The Balaban J connectivity index is 1.03. The van der Waals surface area contributed by atoms with Crippen LogP contribution in [0.3, 0.4) is 0 Å². The van der Waals surface area contributed by atoms with Gasteiger partial charge >= 0.3 is 0 Å². The van der Waals surface area contributed by atoms with Crippen LogP contribution in [0.25, 0.3) is 110 Å². The summed E-state index contributed by atoms with van der Waals surface area (Å²) in [4.78, 5) is 4.81. The molecule has 0 saturated carbocycles. The topological polar surface area (TPSA) is 45.9 Å². The van der Waals surface area contributed by atoms with E-state index >= 15 is 0 Å². The molecule has 15 rings (SSSR count). The third-order valence-corrected chi connectivity index (χ3v) is 16.5. The van der Waals surface area contributed by atoms with E-state index in [4.69, 9.17) is 13.3 Å². The van der Waals surface area contributed by atoms with Crippen molar-refractivity contribution in [2.24, 2.45) is 0 Å². The zero-order chi connectivity index (χ0) is 54.7. The van der Waals surface area contributed by atoms with E-state index in [1.54, 1.807) is 0 Å². The van der Waals surface area contributed by atoms with Gasteiger partial charge in [-0.25, -0.2) is 0 Å². The van der Waals surface area contributed by atoms with E-state index in [0.29, 0.717) is 0 Å². The second-order valence-corrected chi connectivity index (χ2v) is 23.5. The van der Waals surface area contributed by atoms with E-state index in [-0.39, 0.29) is 10.8 Å². The predicted molar refractivity (Wildman–Crippen MR) is 341 cm³/mol. The zero-order valence-electron chi connectivity index (χ0n) is 46.2. The predicted octanol–water partition coefficient (Wildman–Crippen LogP) is 22.6. The molecule has 0 radical (unpaired) electrons. The van der Waals surface area contributed by atoms with Gasteiger partial charge in [0, 0.05) is 77.5 Å². The van der Waals surface area contributed by atoms with Gasteiger partial charge in [0.1, 0.15) is 22.3 Å². The monoisotopic (exact) mass is 1050 g/mol. The molecular weight excluding hydrogens is 989 g/mol. The molecule has 390 valence electrons. The van der Waals surface area contributed by atoms with Crippen molar-refractivity contribution in [3.05, 3.63) is 254 Å². The van der Waals surface area contributed by atoms with Gasteiger partial charge in [-0.15, -0.1) is 0 Å². The first kappa shape index (κ1) is 48.3. The number of fused-ring (bicyclic) bond motifs is 13. The standard InChI is InChI=1S/C76H58N2O3/c1-75(2,3)59-39-21-35-55-57-37-23-43-63(73(57)80-71(55)59)77(61-41-19-17-29-49(61)47-25-9-7-10-26-47)65-45-67-69(53-33-15-13-31-51(53)65)70-54-34-16-14-32-52(54)66(46-68(70)79-67)78(62-42-20-18-30-50(62)48-27-11-8-12-28-48)64-44-24-38-58-56-36-22-40-60(76(4,5)6)72(56)81-74(58)64/h7-46H,1-6H3. The van der Waals surface area contributed by atoms with Crippen molar-refractivity contribution in [2.45, 2.75) is 52.4 Å². The molecular formula is C76H58N2O3. The van der Waals surface area contributed by atoms with Crippen LogP contribution in [0, 0.1) is 0 Å². The molecule has 0 saturated heterocycles. The summed E-state index contributed by atoms with van der Waals surface area (Å²) in [5, 5.41) is 10.8. The maximum atomic E-state index is 7.50. The number of benzene rings is 12. The SMILES string of the molecule is CC(C)(C)c1cccc2c1oc1c(N(c3ccccc3-c3ccccc3)c3cc4oc5cc(N(c6ccccc6-c6ccccc6)c6cccc7c6oc6c(C(C)(C)C)cccc67)c6ccccc6c5c4c4ccccc34)cccc12. The van der Waals surface area contributed by atoms with Crippen LogP contribution < -0.4 is 9.80 Å². The number of hydrogen-bond acceptors (Lipinski definition) is 5. The average Bonchev–Trinajstić information content (AvgIpc) is 4.40. The minimum Gasteiger partial charge on any atom is -0.456 e. The first-order chi connectivity index (χ1) is 39.5. The molecule has 15 aromatic rings. The highest BCUT2D eigenvalue weighted by Crippen LogP contribution is 2.54. The summed E-state index contributed by atoms with van der Waals surface area (Å²) in [5.74, 6) is 0. The zero-order valence-corrected chi connectivity index (χ0v) is 46.2. The summed E-state index contributed by atoms with van der Waals surface area (Å²) in [5.41, 5.74) is 17.3. The third-order valence-electron chi connectivity index (χ3n) is 16.5. The lowest BCUT2D eigenvalue weighted by atomic mass is 9.86. The van der Waals surface area contributed by atoms with Crippen LogP contribution in [-0.2, 0) is 10.8 Å². The van der Waals surface area contributed by atoms with Gasteiger partial charge in [0.15, 0.2) is 11.2 Å². The Morgan fingerprint density at radius 3 is 0.988 bits per heavy atom. The van der Waals surface area contributed by atoms with E-state index in [1.165, 1.54) is 11.1 Å². The number of nitrogens with zero attached hydrogens (tertiary/aromatic N) is 2. The lowest BCUT2D eigenvalue weighted by Gasteiger charge is -2.29. The number of rotatable bonds is 8. The van der Waals surface area contributed by atoms with Crippen molar-refractivity contribution in [3.63, 3.8) is 0 Å². The van der Waals surface area contributed by atoms with Gasteiger partial charge < -0.3 is 23.1 Å². The smallest absolute Gasteiger partial charge is 0.159 e. The summed E-state index contributed by atoms with van der Waals surface area (Å²) in [6.07, 6.45) is 0. The molecule has 3 aromatic heterocycles. The van der Waals surface area contributed by atoms with Crippen molar-refractivity contribution >= 4 is 121 Å². The molecule has 5 nitrogen and oxygen atoms in total. The Kier molecular flexibility index (Phi) is 11.0. The first-order valence-corrected chi connectivity index (χ1v) is 28.1. The van der Waals surface area contributed by atoms with Gasteiger partial charge in [-0.2, -0.15) is 0 Å². The maximum absolute atomic E-state index is 7.50. The van der Waals surface area contributed by atoms with Crippen LogP contribution in [0.1, 0.15) is 52.7 Å². The third kappa shape index (κ3) is 7.67. The molecule has 0 fully saturated rings. The Morgan fingerprint density at radius 2 is 0.580 bits per heavy atom. The lowest BCUT2D eigenvalue weighted by molar-refractivity contribution is 0.572. The average molecular weight is 1050 g/mol. The summed E-state index contributed by atoms with van der Waals surface area (Å²) in [6, 6.07) is 87.2. The van der Waals surface area contributed by atoms with Crippen LogP contribution in [0.4, 0.5) is 34.1 Å². The minimum absolute atomic E-state index is 0.140. The van der Waals surface area contributed by atoms with Gasteiger partial charge in [-0.05, 0) is 57.0 Å². The summed E-state index contributed by atoms with van der Waals surface area (Å²) in [6.45, 7) is 13.5. The second kappa shape index (κ2) is 18.4. The van der Waals surface area contributed by atoms with Gasteiger partial charge in [-0.1, -0.05) is 248 Å². The van der Waals surface area contributed by atoms with Gasteiger partial charge in [-0.3, -0.25) is 0 Å². The fraction of sp³-hybridized carbons (Fsp3) is 0.105. The molecule has 0 unspecified atom stereocenters. The number of para-hydroxylation sites is 6. The van der Waals surface area contributed by atoms with E-state index in [1.807, 2.05) is 0 Å². The van der Waals surface area contributed by atoms with Crippen molar-refractivity contribution < 1.29 is 13.3 Å². The molecule has 81 heavy (non-hydrogen) atoms. The lowest BCUT2D eigenvalue weighted by Crippen LogP contribution is -2.12. The second-order valence-electron chi connectivity index (χ2n) is 23.5.